The zero-order chi connectivity index (χ0) is 17.4. The van der Waals surface area contributed by atoms with E-state index in [1.54, 1.807) is 11.1 Å². The molecule has 2 atom stereocenters. The molecule has 25 heavy (non-hydrogen) atoms. The number of hydrogen-bond donors (Lipinski definition) is 0. The minimum absolute atomic E-state index is 0.333. The first-order valence-electron chi connectivity index (χ1n) is 9.77. The quantitative estimate of drug-likeness (QED) is 0.778. The lowest BCUT2D eigenvalue weighted by Gasteiger charge is -2.38. The van der Waals surface area contributed by atoms with Crippen molar-refractivity contribution < 1.29 is 14.2 Å². The van der Waals surface area contributed by atoms with Crippen LogP contribution in [0.1, 0.15) is 39.0 Å². The molecule has 4 rings (SSSR count). The number of nitrogens with zero attached hydrogens (tertiary/aromatic N) is 1. The second-order valence-corrected chi connectivity index (χ2v) is 7.70. The maximum absolute atomic E-state index is 5.98. The van der Waals surface area contributed by atoms with E-state index in [0.717, 1.165) is 39.3 Å². The van der Waals surface area contributed by atoms with Crippen LogP contribution in [-0.4, -0.2) is 52.0 Å². The van der Waals surface area contributed by atoms with Crippen molar-refractivity contribution in [3.63, 3.8) is 0 Å². The first kappa shape index (κ1) is 17.2. The Morgan fingerprint density at radius 3 is 2.68 bits per heavy atom. The summed E-state index contributed by atoms with van der Waals surface area (Å²) in [5.41, 5.74) is 7.68. The van der Waals surface area contributed by atoms with E-state index >= 15 is 0 Å². The summed E-state index contributed by atoms with van der Waals surface area (Å²) >= 11 is 0. The molecular formula is C21H31NO3. The molecule has 1 saturated carbocycles. The molecule has 0 radical (unpaired) electrons. The molecule has 0 aromatic rings. The van der Waals surface area contributed by atoms with Crippen LogP contribution in [0.2, 0.25) is 0 Å². The van der Waals surface area contributed by atoms with Crippen molar-refractivity contribution in [1.82, 2.24) is 4.90 Å². The van der Waals surface area contributed by atoms with Crippen molar-refractivity contribution in [1.29, 1.82) is 0 Å². The highest BCUT2D eigenvalue weighted by Gasteiger charge is 2.43. The van der Waals surface area contributed by atoms with Crippen molar-refractivity contribution >= 4 is 0 Å². The molecule has 1 aliphatic heterocycles. The van der Waals surface area contributed by atoms with Crippen molar-refractivity contribution in [2.24, 2.45) is 11.8 Å². The van der Waals surface area contributed by atoms with Gasteiger partial charge in [0.2, 0.25) is 0 Å². The fourth-order valence-electron chi connectivity index (χ4n) is 5.31. The molecule has 0 N–H and O–H groups in total. The van der Waals surface area contributed by atoms with Crippen molar-refractivity contribution in [2.45, 2.75) is 39.0 Å². The summed E-state index contributed by atoms with van der Waals surface area (Å²) in [6.45, 7) is 6.74. The van der Waals surface area contributed by atoms with Crippen LogP contribution >= 0.6 is 0 Å². The molecule has 0 bridgehead atoms. The molecule has 4 aliphatic rings. The van der Waals surface area contributed by atoms with E-state index in [4.69, 9.17) is 14.2 Å². The summed E-state index contributed by atoms with van der Waals surface area (Å²) in [4.78, 5) is 2.55. The van der Waals surface area contributed by atoms with Crippen LogP contribution in [0.25, 0.3) is 0 Å². The lowest BCUT2D eigenvalue weighted by molar-refractivity contribution is 0.0510. The average molecular weight is 345 g/mol. The van der Waals surface area contributed by atoms with Gasteiger partial charge in [0.15, 0.2) is 0 Å². The van der Waals surface area contributed by atoms with Gasteiger partial charge in [0.1, 0.15) is 5.76 Å². The van der Waals surface area contributed by atoms with Gasteiger partial charge < -0.3 is 19.1 Å². The van der Waals surface area contributed by atoms with Crippen LogP contribution in [-0.2, 0) is 14.2 Å². The van der Waals surface area contributed by atoms with Crippen LogP contribution in [0.3, 0.4) is 0 Å². The van der Waals surface area contributed by atoms with Gasteiger partial charge in [-0.2, -0.15) is 0 Å². The minimum Gasteiger partial charge on any atom is -0.500 e. The van der Waals surface area contributed by atoms with Gasteiger partial charge in [-0.25, -0.2) is 0 Å². The van der Waals surface area contributed by atoms with Crippen LogP contribution in [0, 0.1) is 11.8 Å². The molecule has 2 fully saturated rings. The molecule has 138 valence electrons. The number of allylic oxidation sites excluding steroid dienone is 2. The van der Waals surface area contributed by atoms with Crippen LogP contribution < -0.4 is 0 Å². The summed E-state index contributed by atoms with van der Waals surface area (Å²) in [6, 6.07) is 0. The Bertz CT molecular complexity index is 625. The number of fused-ring (bicyclic) bond motifs is 2. The smallest absolute Gasteiger partial charge is 0.107 e. The number of methoxy groups -OCH3 is 2. The van der Waals surface area contributed by atoms with Crippen molar-refractivity contribution in [2.75, 3.05) is 47.1 Å². The van der Waals surface area contributed by atoms with Gasteiger partial charge in [0, 0.05) is 49.7 Å². The summed E-state index contributed by atoms with van der Waals surface area (Å²) in [6.07, 6.45) is 6.20. The lowest BCUT2D eigenvalue weighted by atomic mass is 9.78. The Labute approximate surface area is 151 Å². The Morgan fingerprint density at radius 2 is 1.96 bits per heavy atom. The standard InChI is InChI=1S/C21H31NO3/c1-14-18(13-23-2)20-17(12-19(14)22-8-10-25-11-9-22)15-6-4-5-7-16(15)21(20)24-3/h16,18H,4-13H2,1-3H3/t16-,18-/m0/s1. The molecule has 4 nitrogen and oxygen atoms in total. The predicted octanol–water partition coefficient (Wildman–Crippen LogP) is 3.66. The number of rotatable bonds is 4. The third kappa shape index (κ3) is 2.83. The molecule has 0 aromatic heterocycles. The predicted molar refractivity (Wildman–Crippen MR) is 98.1 cm³/mol. The molecule has 4 heteroatoms. The van der Waals surface area contributed by atoms with Crippen LogP contribution in [0.15, 0.2) is 33.7 Å². The van der Waals surface area contributed by atoms with Crippen molar-refractivity contribution in [3.05, 3.63) is 33.7 Å². The van der Waals surface area contributed by atoms with Gasteiger partial charge in [0.25, 0.3) is 0 Å². The second kappa shape index (κ2) is 7.16. The molecule has 0 aromatic carbocycles. The monoisotopic (exact) mass is 345 g/mol. The highest BCUT2D eigenvalue weighted by molar-refractivity contribution is 5.56. The van der Waals surface area contributed by atoms with E-state index in [9.17, 15) is 0 Å². The fourth-order valence-corrected chi connectivity index (χ4v) is 5.31. The summed E-state index contributed by atoms with van der Waals surface area (Å²) in [7, 11) is 3.68. The van der Waals surface area contributed by atoms with Gasteiger partial charge in [-0.3, -0.25) is 0 Å². The first-order valence-corrected chi connectivity index (χ1v) is 9.77. The number of morpholine rings is 1. The van der Waals surface area contributed by atoms with E-state index in [2.05, 4.69) is 11.8 Å². The molecule has 1 saturated heterocycles. The first-order chi connectivity index (χ1) is 12.3. The zero-order valence-corrected chi connectivity index (χ0v) is 15.9. The largest absolute Gasteiger partial charge is 0.500 e. The third-order valence-electron chi connectivity index (χ3n) is 6.52. The highest BCUT2D eigenvalue weighted by Crippen LogP contribution is 2.53. The molecule has 0 unspecified atom stereocenters. The van der Waals surface area contributed by atoms with E-state index in [1.807, 2.05) is 14.2 Å². The Balaban J connectivity index is 1.78. The lowest BCUT2D eigenvalue weighted by Crippen LogP contribution is -2.38. The second-order valence-electron chi connectivity index (χ2n) is 7.70. The minimum atomic E-state index is 0.333. The maximum Gasteiger partial charge on any atom is 0.107 e. The van der Waals surface area contributed by atoms with E-state index in [-0.39, 0.29) is 0 Å². The van der Waals surface area contributed by atoms with Gasteiger partial charge >= 0.3 is 0 Å². The highest BCUT2D eigenvalue weighted by atomic mass is 16.5. The third-order valence-corrected chi connectivity index (χ3v) is 6.52. The Kier molecular flexibility index (Phi) is 4.92. The van der Waals surface area contributed by atoms with Crippen molar-refractivity contribution in [3.8, 4) is 0 Å². The maximum atomic E-state index is 5.98. The van der Waals surface area contributed by atoms with E-state index in [1.165, 1.54) is 48.3 Å². The molecule has 1 heterocycles. The average Bonchev–Trinajstić information content (AvgIpc) is 2.98. The topological polar surface area (TPSA) is 30.9 Å². The Hall–Kier alpha value is -1.26. The molecule has 0 amide bonds. The van der Waals surface area contributed by atoms with Gasteiger partial charge in [-0.1, -0.05) is 12.0 Å². The normalized spacial score (nSPS) is 30.0. The van der Waals surface area contributed by atoms with Gasteiger partial charge in [0.05, 0.1) is 26.9 Å². The molecular weight excluding hydrogens is 314 g/mol. The molecule has 0 spiro atoms. The van der Waals surface area contributed by atoms with Crippen LogP contribution in [0.4, 0.5) is 0 Å². The van der Waals surface area contributed by atoms with Gasteiger partial charge in [-0.15, -0.1) is 0 Å². The Morgan fingerprint density at radius 1 is 1.16 bits per heavy atom. The fraction of sp³-hybridized carbons (Fsp3) is 0.714. The SMILES string of the molecule is COC[C@H]1C(C)=C(N2CCOCC2)CC2=C3CCCC[C@@H]3C(OC)=C21. The number of hydrogen-bond acceptors (Lipinski definition) is 4. The van der Waals surface area contributed by atoms with Crippen LogP contribution in [0.5, 0.6) is 0 Å². The summed E-state index contributed by atoms with van der Waals surface area (Å²) in [5, 5.41) is 0. The van der Waals surface area contributed by atoms with E-state index < -0.39 is 0 Å². The molecule has 3 aliphatic carbocycles. The van der Waals surface area contributed by atoms with Gasteiger partial charge in [-0.05, 0) is 37.3 Å². The summed E-state index contributed by atoms with van der Waals surface area (Å²) in [5.74, 6) is 2.10. The number of ether oxygens (including phenoxy) is 3. The summed E-state index contributed by atoms with van der Waals surface area (Å²) < 4.78 is 17.2. The van der Waals surface area contributed by atoms with E-state index in [0.29, 0.717) is 11.8 Å². The zero-order valence-electron chi connectivity index (χ0n) is 15.9.